The van der Waals surface area contributed by atoms with Crippen molar-refractivity contribution < 1.29 is 9.90 Å². The van der Waals surface area contributed by atoms with Crippen molar-refractivity contribution in [2.75, 3.05) is 0 Å². The molecule has 3 N–H and O–H groups in total. The van der Waals surface area contributed by atoms with Crippen LogP contribution in [0.3, 0.4) is 0 Å². The molecule has 0 aliphatic heterocycles. The van der Waals surface area contributed by atoms with Gasteiger partial charge in [0.25, 0.3) is 0 Å². The summed E-state index contributed by atoms with van der Waals surface area (Å²) in [6.45, 7) is 2.20. The standard InChI is InChI=1S/C15H23NO2/c1-2-3-4-5-6-7-9-12-13(15(16)18)10-8-11-14(12)17/h8,10-11,17H,2-7,9H2,1H3,(H2,16,18). The van der Waals surface area contributed by atoms with Gasteiger partial charge in [-0.1, -0.05) is 45.1 Å². The molecule has 0 radical (unpaired) electrons. The highest BCUT2D eigenvalue weighted by atomic mass is 16.3. The van der Waals surface area contributed by atoms with Crippen LogP contribution in [0, 0.1) is 0 Å². The third-order valence-electron chi connectivity index (χ3n) is 3.20. The van der Waals surface area contributed by atoms with Crippen LogP contribution >= 0.6 is 0 Å². The largest absolute Gasteiger partial charge is 0.508 e. The highest BCUT2D eigenvalue weighted by Gasteiger charge is 2.11. The zero-order valence-electron chi connectivity index (χ0n) is 11.1. The molecule has 0 fully saturated rings. The van der Waals surface area contributed by atoms with Crippen molar-refractivity contribution in [2.45, 2.75) is 51.9 Å². The van der Waals surface area contributed by atoms with Crippen LogP contribution in [0.1, 0.15) is 61.4 Å². The summed E-state index contributed by atoms with van der Waals surface area (Å²) < 4.78 is 0. The second-order valence-electron chi connectivity index (χ2n) is 4.69. The summed E-state index contributed by atoms with van der Waals surface area (Å²) in [4.78, 5) is 11.3. The van der Waals surface area contributed by atoms with Gasteiger partial charge < -0.3 is 10.8 Å². The minimum atomic E-state index is -0.466. The number of unbranched alkanes of at least 4 members (excludes halogenated alkanes) is 5. The van der Waals surface area contributed by atoms with Gasteiger partial charge in [0.05, 0.1) is 0 Å². The van der Waals surface area contributed by atoms with E-state index in [9.17, 15) is 9.90 Å². The Bertz CT molecular complexity index is 388. The van der Waals surface area contributed by atoms with E-state index in [1.54, 1.807) is 18.2 Å². The Labute approximate surface area is 109 Å². The van der Waals surface area contributed by atoms with Gasteiger partial charge in [0, 0.05) is 11.1 Å². The molecule has 1 aromatic carbocycles. The van der Waals surface area contributed by atoms with Gasteiger partial charge in [-0.3, -0.25) is 4.79 Å². The zero-order valence-corrected chi connectivity index (χ0v) is 11.1. The van der Waals surface area contributed by atoms with Crippen molar-refractivity contribution in [3.05, 3.63) is 29.3 Å². The van der Waals surface area contributed by atoms with Gasteiger partial charge in [-0.05, 0) is 25.0 Å². The highest BCUT2D eigenvalue weighted by Crippen LogP contribution is 2.23. The molecule has 0 atom stereocenters. The summed E-state index contributed by atoms with van der Waals surface area (Å²) in [5.41, 5.74) is 6.45. The first kappa shape index (κ1) is 14.6. The third-order valence-corrected chi connectivity index (χ3v) is 3.20. The molecule has 3 heteroatoms. The fourth-order valence-corrected chi connectivity index (χ4v) is 2.15. The Morgan fingerprint density at radius 3 is 2.50 bits per heavy atom. The van der Waals surface area contributed by atoms with Gasteiger partial charge >= 0.3 is 0 Å². The number of carbonyl (C=O) groups excluding carboxylic acids is 1. The maximum absolute atomic E-state index is 11.3. The first-order valence-electron chi connectivity index (χ1n) is 6.77. The first-order chi connectivity index (χ1) is 8.66. The van der Waals surface area contributed by atoms with Gasteiger partial charge in [-0.2, -0.15) is 0 Å². The molecule has 0 aromatic heterocycles. The van der Waals surface area contributed by atoms with E-state index in [1.165, 1.54) is 25.7 Å². The van der Waals surface area contributed by atoms with Gasteiger partial charge in [0.2, 0.25) is 5.91 Å². The van der Waals surface area contributed by atoms with Crippen LogP contribution in [0.5, 0.6) is 5.75 Å². The van der Waals surface area contributed by atoms with E-state index < -0.39 is 5.91 Å². The lowest BCUT2D eigenvalue weighted by atomic mass is 9.99. The predicted octanol–water partition coefficient (Wildman–Crippen LogP) is 3.39. The number of benzene rings is 1. The van der Waals surface area contributed by atoms with E-state index in [4.69, 9.17) is 5.73 Å². The molecule has 1 rings (SSSR count). The van der Waals surface area contributed by atoms with Gasteiger partial charge in [-0.25, -0.2) is 0 Å². The number of rotatable bonds is 8. The van der Waals surface area contributed by atoms with E-state index in [0.717, 1.165) is 19.3 Å². The lowest BCUT2D eigenvalue weighted by Gasteiger charge is -2.08. The number of phenolic OH excluding ortho intramolecular Hbond substituents is 1. The second kappa shape index (κ2) is 7.75. The quantitative estimate of drug-likeness (QED) is 0.694. The fourth-order valence-electron chi connectivity index (χ4n) is 2.15. The average molecular weight is 249 g/mol. The number of nitrogens with two attached hydrogens (primary N) is 1. The number of phenols is 1. The van der Waals surface area contributed by atoms with Crippen molar-refractivity contribution in [1.29, 1.82) is 0 Å². The summed E-state index contributed by atoms with van der Waals surface area (Å²) >= 11 is 0. The Morgan fingerprint density at radius 1 is 1.17 bits per heavy atom. The summed E-state index contributed by atoms with van der Waals surface area (Å²) in [6.07, 6.45) is 7.84. The van der Waals surface area contributed by atoms with Crippen LogP contribution in [-0.4, -0.2) is 11.0 Å². The molecular weight excluding hydrogens is 226 g/mol. The SMILES string of the molecule is CCCCCCCCc1c(O)cccc1C(N)=O. The maximum Gasteiger partial charge on any atom is 0.249 e. The lowest BCUT2D eigenvalue weighted by molar-refractivity contribution is 0.0999. The Morgan fingerprint density at radius 2 is 1.83 bits per heavy atom. The maximum atomic E-state index is 11.3. The number of carbonyl (C=O) groups is 1. The number of primary amides is 1. The minimum absolute atomic E-state index is 0.180. The molecule has 0 bridgehead atoms. The number of hydrogen-bond donors (Lipinski definition) is 2. The van der Waals surface area contributed by atoms with Crippen molar-refractivity contribution in [2.24, 2.45) is 5.73 Å². The van der Waals surface area contributed by atoms with Crippen LogP contribution in [0.4, 0.5) is 0 Å². The topological polar surface area (TPSA) is 63.3 Å². The Balaban J connectivity index is 2.48. The number of aromatic hydroxyl groups is 1. The van der Waals surface area contributed by atoms with Crippen molar-refractivity contribution >= 4 is 5.91 Å². The molecular formula is C15H23NO2. The summed E-state index contributed by atoms with van der Waals surface area (Å²) in [6, 6.07) is 4.94. The van der Waals surface area contributed by atoms with Crippen molar-refractivity contribution in [3.63, 3.8) is 0 Å². The molecule has 0 saturated heterocycles. The van der Waals surface area contributed by atoms with Crippen LogP contribution in [-0.2, 0) is 6.42 Å². The van der Waals surface area contributed by atoms with Gasteiger partial charge in [0.1, 0.15) is 5.75 Å². The van der Waals surface area contributed by atoms with Gasteiger partial charge in [-0.15, -0.1) is 0 Å². The van der Waals surface area contributed by atoms with Crippen LogP contribution < -0.4 is 5.73 Å². The highest BCUT2D eigenvalue weighted by molar-refractivity contribution is 5.95. The molecule has 3 nitrogen and oxygen atoms in total. The summed E-state index contributed by atoms with van der Waals surface area (Å²) in [7, 11) is 0. The minimum Gasteiger partial charge on any atom is -0.508 e. The third kappa shape index (κ3) is 4.40. The van der Waals surface area contributed by atoms with E-state index in [2.05, 4.69) is 6.92 Å². The van der Waals surface area contributed by atoms with Crippen LogP contribution in [0.25, 0.3) is 0 Å². The van der Waals surface area contributed by atoms with E-state index in [0.29, 0.717) is 11.1 Å². The molecule has 0 aliphatic carbocycles. The molecule has 0 heterocycles. The molecule has 0 spiro atoms. The predicted molar refractivity (Wildman–Crippen MR) is 73.7 cm³/mol. The van der Waals surface area contributed by atoms with E-state index in [1.807, 2.05) is 0 Å². The molecule has 1 amide bonds. The van der Waals surface area contributed by atoms with Gasteiger partial charge in [0.15, 0.2) is 0 Å². The average Bonchev–Trinajstić information content (AvgIpc) is 2.34. The summed E-state index contributed by atoms with van der Waals surface area (Å²) in [5, 5.41) is 9.77. The fraction of sp³-hybridized carbons (Fsp3) is 0.533. The van der Waals surface area contributed by atoms with Crippen LogP contribution in [0.15, 0.2) is 18.2 Å². The van der Waals surface area contributed by atoms with E-state index >= 15 is 0 Å². The first-order valence-corrected chi connectivity index (χ1v) is 6.77. The Hall–Kier alpha value is -1.51. The van der Waals surface area contributed by atoms with E-state index in [-0.39, 0.29) is 5.75 Å². The monoisotopic (exact) mass is 249 g/mol. The molecule has 0 saturated carbocycles. The Kier molecular flexibility index (Phi) is 6.26. The smallest absolute Gasteiger partial charge is 0.249 e. The second-order valence-corrected chi connectivity index (χ2v) is 4.69. The summed E-state index contributed by atoms with van der Waals surface area (Å²) in [5.74, 6) is -0.285. The number of hydrogen-bond acceptors (Lipinski definition) is 2. The van der Waals surface area contributed by atoms with Crippen LogP contribution in [0.2, 0.25) is 0 Å². The van der Waals surface area contributed by atoms with Crippen molar-refractivity contribution in [3.8, 4) is 5.75 Å². The molecule has 0 aliphatic rings. The molecule has 1 aromatic rings. The molecule has 18 heavy (non-hydrogen) atoms. The normalized spacial score (nSPS) is 10.5. The molecule has 0 unspecified atom stereocenters. The number of amides is 1. The van der Waals surface area contributed by atoms with Crippen molar-refractivity contribution in [1.82, 2.24) is 0 Å². The molecule has 100 valence electrons. The zero-order chi connectivity index (χ0) is 13.4. The lowest BCUT2D eigenvalue weighted by Crippen LogP contribution is -2.13.